The van der Waals surface area contributed by atoms with Gasteiger partial charge in [0.2, 0.25) is 0 Å². The molecule has 12 heteroatoms. The van der Waals surface area contributed by atoms with E-state index in [9.17, 15) is 28.9 Å². The molecule has 0 bridgehead atoms. The average molecular weight is 1090 g/mol. The molecule has 0 saturated heterocycles. The molecule has 0 radical (unpaired) electrons. The minimum absolute atomic E-state index is 0.165. The van der Waals surface area contributed by atoms with Crippen molar-refractivity contribution >= 4 is 25.7 Å². The molecule has 3 atom stereocenters. The zero-order chi connectivity index (χ0) is 55.5. The zero-order valence-corrected chi connectivity index (χ0v) is 50.1. The SMILES string of the molecule is CCCCC/C=C\C/C=C\CCCCCCCCCC(=O)OC(CO)COP(=O)(O)OCC(COC(=O)CCCCCCC/C=C\CCCCCC)OC(=O)CCCCCCCCCCC/C=C\CCCCCCCC. The van der Waals surface area contributed by atoms with Gasteiger partial charge in [-0.15, -0.1) is 0 Å². The molecular formula is C64H117O11P. The van der Waals surface area contributed by atoms with Crippen LogP contribution >= 0.6 is 7.82 Å². The van der Waals surface area contributed by atoms with Gasteiger partial charge in [0, 0.05) is 19.3 Å². The van der Waals surface area contributed by atoms with Crippen LogP contribution in [0.2, 0.25) is 0 Å². The maximum Gasteiger partial charge on any atom is 0.472 e. The number of aliphatic hydroxyl groups excluding tert-OH is 1. The number of phosphoric acid groups is 1. The highest BCUT2D eigenvalue weighted by atomic mass is 31.2. The quantitative estimate of drug-likeness (QED) is 0.0197. The molecule has 0 aromatic heterocycles. The molecule has 2 N–H and O–H groups in total. The molecule has 0 aliphatic carbocycles. The summed E-state index contributed by atoms with van der Waals surface area (Å²) in [6.45, 7) is 4.63. The minimum atomic E-state index is -4.75. The second-order valence-corrected chi connectivity index (χ2v) is 22.7. The Morgan fingerprint density at radius 1 is 0.368 bits per heavy atom. The van der Waals surface area contributed by atoms with E-state index in [1.807, 2.05) is 0 Å². The van der Waals surface area contributed by atoms with Gasteiger partial charge in [-0.25, -0.2) is 4.57 Å². The molecule has 76 heavy (non-hydrogen) atoms. The number of unbranched alkanes of at least 4 members (excludes halogenated alkanes) is 34. The summed E-state index contributed by atoms with van der Waals surface area (Å²) < 4.78 is 39.6. The largest absolute Gasteiger partial charge is 0.472 e. The van der Waals surface area contributed by atoms with E-state index in [-0.39, 0.29) is 25.9 Å². The maximum atomic E-state index is 12.9. The van der Waals surface area contributed by atoms with Crippen LogP contribution in [-0.2, 0) is 42.2 Å². The summed E-state index contributed by atoms with van der Waals surface area (Å²) in [4.78, 5) is 48.7. The molecule has 0 aromatic carbocycles. The molecule has 0 saturated carbocycles. The van der Waals surface area contributed by atoms with E-state index in [4.69, 9.17) is 23.3 Å². The Balaban J connectivity index is 4.67. The molecular weight excluding hydrogens is 976 g/mol. The third-order valence-corrected chi connectivity index (χ3v) is 14.6. The van der Waals surface area contributed by atoms with Crippen molar-refractivity contribution in [2.24, 2.45) is 0 Å². The van der Waals surface area contributed by atoms with Crippen molar-refractivity contribution in [3.63, 3.8) is 0 Å². The highest BCUT2D eigenvalue weighted by Gasteiger charge is 2.28. The number of hydrogen-bond donors (Lipinski definition) is 2. The molecule has 444 valence electrons. The number of aliphatic hydroxyl groups is 1. The Hall–Kier alpha value is -2.56. The summed E-state index contributed by atoms with van der Waals surface area (Å²) in [5.41, 5.74) is 0. The molecule has 0 amide bonds. The van der Waals surface area contributed by atoms with Crippen LogP contribution in [0.25, 0.3) is 0 Å². The molecule has 0 rings (SSSR count). The number of carbonyl (C=O) groups is 3. The summed E-state index contributed by atoms with van der Waals surface area (Å²) in [5.74, 6) is -1.47. The number of carbonyl (C=O) groups excluding carboxylic acids is 3. The van der Waals surface area contributed by atoms with Crippen molar-refractivity contribution < 1.29 is 52.2 Å². The fourth-order valence-corrected chi connectivity index (χ4v) is 9.63. The predicted octanol–water partition coefficient (Wildman–Crippen LogP) is 18.9. The number of phosphoric ester groups is 1. The molecule has 0 fully saturated rings. The molecule has 0 spiro atoms. The average Bonchev–Trinajstić information content (AvgIpc) is 3.41. The first kappa shape index (κ1) is 73.4. The summed E-state index contributed by atoms with van der Waals surface area (Å²) in [6.07, 6.45) is 63.4. The number of rotatable bonds is 59. The van der Waals surface area contributed by atoms with Gasteiger partial charge in [-0.2, -0.15) is 0 Å². The van der Waals surface area contributed by atoms with E-state index in [1.165, 1.54) is 148 Å². The number of hydrogen-bond acceptors (Lipinski definition) is 10. The summed E-state index contributed by atoms with van der Waals surface area (Å²) in [5, 5.41) is 9.84. The van der Waals surface area contributed by atoms with Crippen LogP contribution in [0.1, 0.15) is 303 Å². The highest BCUT2D eigenvalue weighted by Crippen LogP contribution is 2.43. The Labute approximate surface area is 466 Å². The number of esters is 3. The van der Waals surface area contributed by atoms with Crippen molar-refractivity contribution in [2.45, 2.75) is 315 Å². The van der Waals surface area contributed by atoms with E-state index in [2.05, 4.69) is 69.4 Å². The predicted molar refractivity (Wildman–Crippen MR) is 316 cm³/mol. The first-order chi connectivity index (χ1) is 37.2. The first-order valence-electron chi connectivity index (χ1n) is 31.5. The van der Waals surface area contributed by atoms with Gasteiger partial charge in [0.05, 0.1) is 19.8 Å². The van der Waals surface area contributed by atoms with Gasteiger partial charge in [0.15, 0.2) is 6.10 Å². The number of allylic oxidation sites excluding steroid dienone is 8. The second kappa shape index (κ2) is 58.6. The standard InChI is InChI=1S/C64H117O11P/c1-4-7-10-13-16-19-22-25-27-29-30-32-34-37-40-43-46-49-52-55-64(68)75-61(57-71-62(66)53-50-47-44-41-38-35-24-21-18-15-12-9-6-3)59-73-76(69,70)72-58-60(56-65)74-63(67)54-51-48-45-42-39-36-33-31-28-26-23-20-17-14-11-8-5-2/h17,20-21,24-28,60-61,65H,4-16,18-19,22-23,29-59H2,1-3H3,(H,69,70)/b20-17-,24-21-,27-25-,28-26-. The lowest BCUT2D eigenvalue weighted by atomic mass is 10.1. The zero-order valence-electron chi connectivity index (χ0n) is 49.2. The lowest BCUT2D eigenvalue weighted by molar-refractivity contribution is -0.161. The summed E-state index contributed by atoms with van der Waals surface area (Å²) in [7, 11) is -4.75. The molecule has 3 unspecified atom stereocenters. The van der Waals surface area contributed by atoms with E-state index in [0.29, 0.717) is 19.3 Å². The summed E-state index contributed by atoms with van der Waals surface area (Å²) in [6, 6.07) is 0. The van der Waals surface area contributed by atoms with Crippen molar-refractivity contribution in [3.8, 4) is 0 Å². The van der Waals surface area contributed by atoms with Crippen molar-refractivity contribution in [2.75, 3.05) is 26.4 Å². The molecule has 11 nitrogen and oxygen atoms in total. The third kappa shape index (κ3) is 56.2. The maximum absolute atomic E-state index is 12.9. The molecule has 0 aliphatic rings. The van der Waals surface area contributed by atoms with Crippen LogP contribution in [0.15, 0.2) is 48.6 Å². The minimum Gasteiger partial charge on any atom is -0.462 e. The Morgan fingerprint density at radius 3 is 1.03 bits per heavy atom. The second-order valence-electron chi connectivity index (χ2n) is 21.2. The van der Waals surface area contributed by atoms with E-state index in [1.54, 1.807) is 0 Å². The van der Waals surface area contributed by atoms with Crippen LogP contribution in [0.4, 0.5) is 0 Å². The van der Waals surface area contributed by atoms with E-state index >= 15 is 0 Å². The highest BCUT2D eigenvalue weighted by molar-refractivity contribution is 7.47. The fourth-order valence-electron chi connectivity index (χ4n) is 8.85. The lowest BCUT2D eigenvalue weighted by Gasteiger charge is -2.21. The van der Waals surface area contributed by atoms with Gasteiger partial charge >= 0.3 is 25.7 Å². The van der Waals surface area contributed by atoms with Gasteiger partial charge in [0.25, 0.3) is 0 Å². The van der Waals surface area contributed by atoms with Gasteiger partial charge < -0.3 is 24.2 Å². The molecule has 0 aromatic rings. The monoisotopic (exact) mass is 1090 g/mol. The normalized spacial score (nSPS) is 13.6. The Bertz CT molecular complexity index is 1460. The molecule has 0 aliphatic heterocycles. The van der Waals surface area contributed by atoms with Gasteiger partial charge in [-0.3, -0.25) is 23.4 Å². The van der Waals surface area contributed by atoms with Crippen LogP contribution in [0.3, 0.4) is 0 Å². The van der Waals surface area contributed by atoms with Gasteiger partial charge in [0.1, 0.15) is 12.7 Å². The van der Waals surface area contributed by atoms with Crippen molar-refractivity contribution in [3.05, 3.63) is 48.6 Å². The number of ether oxygens (including phenoxy) is 3. The summed E-state index contributed by atoms with van der Waals surface area (Å²) >= 11 is 0. The Kier molecular flexibility index (Phi) is 56.6. The van der Waals surface area contributed by atoms with Gasteiger partial charge in [-0.1, -0.05) is 230 Å². The van der Waals surface area contributed by atoms with Crippen LogP contribution in [-0.4, -0.2) is 66.5 Å². The van der Waals surface area contributed by atoms with E-state index in [0.717, 1.165) is 96.3 Å². The van der Waals surface area contributed by atoms with Crippen molar-refractivity contribution in [1.82, 2.24) is 0 Å². The topological polar surface area (TPSA) is 155 Å². The van der Waals surface area contributed by atoms with E-state index < -0.39 is 57.8 Å². The molecule has 0 heterocycles. The smallest absolute Gasteiger partial charge is 0.462 e. The van der Waals surface area contributed by atoms with Gasteiger partial charge in [-0.05, 0) is 103 Å². The van der Waals surface area contributed by atoms with Crippen LogP contribution in [0.5, 0.6) is 0 Å². The third-order valence-electron chi connectivity index (χ3n) is 13.7. The lowest BCUT2D eigenvalue weighted by Crippen LogP contribution is -2.30. The first-order valence-corrected chi connectivity index (χ1v) is 33.0. The van der Waals surface area contributed by atoms with Crippen LogP contribution < -0.4 is 0 Å². The van der Waals surface area contributed by atoms with Crippen molar-refractivity contribution in [1.29, 1.82) is 0 Å². The Morgan fingerprint density at radius 2 is 0.645 bits per heavy atom. The fraction of sp³-hybridized carbons (Fsp3) is 0.828. The van der Waals surface area contributed by atoms with Crippen LogP contribution in [0, 0.1) is 0 Å².